The fourth-order valence-electron chi connectivity index (χ4n) is 4.81. The summed E-state index contributed by atoms with van der Waals surface area (Å²) in [6.45, 7) is 2.14. The number of amides is 1. The smallest absolute Gasteiger partial charge is 0.255 e. The molecule has 1 amide bonds. The molecular formula is C26H33F2N7O. The van der Waals surface area contributed by atoms with E-state index >= 15 is 0 Å². The largest absolute Gasteiger partial charge is 0.371 e. The molecule has 0 radical (unpaired) electrons. The molecule has 1 aliphatic heterocycles. The van der Waals surface area contributed by atoms with Crippen molar-refractivity contribution in [2.45, 2.75) is 44.6 Å². The summed E-state index contributed by atoms with van der Waals surface area (Å²) in [7, 11) is 1.71. The van der Waals surface area contributed by atoms with Crippen molar-refractivity contribution in [1.82, 2.24) is 19.9 Å². The standard InChI is InChI=1S/C20H29N7O.C6H4F2/c1-25(22)19(21)14-4-6-15(7-5-14)24-20(28)17-13-23-27-11-8-16(12-18(17)27)26-9-2-3-10-26;7-5-1-2-6(8)4-3-5/h8,11-15,21H,2-7,9-10,22H2,1H3,(H,24,28);1-4H. The Kier molecular flexibility index (Phi) is 8.14. The molecule has 2 aromatic heterocycles. The highest BCUT2D eigenvalue weighted by atomic mass is 19.1. The Morgan fingerprint density at radius 1 is 1.08 bits per heavy atom. The molecule has 10 heteroatoms. The molecule has 3 aromatic rings. The van der Waals surface area contributed by atoms with Crippen LogP contribution >= 0.6 is 0 Å². The number of rotatable bonds is 4. The van der Waals surface area contributed by atoms with Gasteiger partial charge >= 0.3 is 0 Å². The lowest BCUT2D eigenvalue weighted by molar-refractivity contribution is 0.0926. The van der Waals surface area contributed by atoms with Crippen LogP contribution in [-0.2, 0) is 0 Å². The third-order valence-corrected chi connectivity index (χ3v) is 6.85. The minimum atomic E-state index is -0.411. The maximum Gasteiger partial charge on any atom is 0.255 e. The molecule has 1 saturated heterocycles. The fourth-order valence-corrected chi connectivity index (χ4v) is 4.81. The van der Waals surface area contributed by atoms with Gasteiger partial charge in [0, 0.05) is 44.0 Å². The first-order chi connectivity index (χ1) is 17.3. The summed E-state index contributed by atoms with van der Waals surface area (Å²) >= 11 is 0. The third-order valence-electron chi connectivity index (χ3n) is 6.85. The summed E-state index contributed by atoms with van der Waals surface area (Å²) in [6, 6.07) is 8.59. The Labute approximate surface area is 209 Å². The number of carbonyl (C=O) groups excluding carboxylic acids is 1. The molecule has 0 atom stereocenters. The molecular weight excluding hydrogens is 464 g/mol. The van der Waals surface area contributed by atoms with E-state index in [0.717, 1.165) is 74.2 Å². The number of anilines is 1. The monoisotopic (exact) mass is 497 g/mol. The van der Waals surface area contributed by atoms with E-state index in [2.05, 4.69) is 27.4 Å². The molecule has 1 aliphatic carbocycles. The van der Waals surface area contributed by atoms with Gasteiger partial charge in [0.1, 0.15) is 17.5 Å². The quantitative estimate of drug-likeness (QED) is 0.219. The summed E-state index contributed by atoms with van der Waals surface area (Å²) in [5.41, 5.74) is 2.63. The van der Waals surface area contributed by atoms with Gasteiger partial charge in [-0.3, -0.25) is 10.2 Å². The maximum atomic E-state index is 12.9. The number of amidine groups is 1. The highest BCUT2D eigenvalue weighted by Gasteiger charge is 2.27. The van der Waals surface area contributed by atoms with Gasteiger partial charge in [-0.05, 0) is 74.9 Å². The van der Waals surface area contributed by atoms with Crippen molar-refractivity contribution in [2.24, 2.45) is 11.8 Å². The van der Waals surface area contributed by atoms with E-state index in [4.69, 9.17) is 11.3 Å². The Bertz CT molecular complexity index is 1160. The summed E-state index contributed by atoms with van der Waals surface area (Å²) in [4.78, 5) is 15.3. The summed E-state index contributed by atoms with van der Waals surface area (Å²) in [6.07, 6.45) is 9.51. The molecule has 5 rings (SSSR count). The third kappa shape index (κ3) is 6.17. The van der Waals surface area contributed by atoms with Gasteiger partial charge in [-0.2, -0.15) is 5.10 Å². The lowest BCUT2D eigenvalue weighted by Gasteiger charge is -2.31. The molecule has 8 nitrogen and oxygen atoms in total. The minimum Gasteiger partial charge on any atom is -0.371 e. The van der Waals surface area contributed by atoms with Gasteiger partial charge in [0.2, 0.25) is 0 Å². The normalized spacial score (nSPS) is 19.5. The molecule has 0 bridgehead atoms. The van der Waals surface area contributed by atoms with E-state index in [1.165, 1.54) is 17.9 Å². The summed E-state index contributed by atoms with van der Waals surface area (Å²) in [5.74, 6) is 5.45. The predicted molar refractivity (Wildman–Crippen MR) is 136 cm³/mol. The van der Waals surface area contributed by atoms with Crippen LogP contribution in [0.5, 0.6) is 0 Å². The predicted octanol–water partition coefficient (Wildman–Crippen LogP) is 3.97. The van der Waals surface area contributed by atoms with Gasteiger partial charge in [0.25, 0.3) is 5.91 Å². The van der Waals surface area contributed by atoms with Crippen LogP contribution in [0.25, 0.3) is 5.52 Å². The van der Waals surface area contributed by atoms with Crippen LogP contribution in [0.15, 0.2) is 48.8 Å². The number of benzene rings is 1. The van der Waals surface area contributed by atoms with Crippen LogP contribution in [0.4, 0.5) is 14.5 Å². The first-order valence-corrected chi connectivity index (χ1v) is 12.3. The lowest BCUT2D eigenvalue weighted by Crippen LogP contribution is -2.42. The van der Waals surface area contributed by atoms with Gasteiger partial charge in [-0.1, -0.05) is 0 Å². The van der Waals surface area contributed by atoms with E-state index in [1.807, 2.05) is 6.20 Å². The van der Waals surface area contributed by atoms with E-state index in [-0.39, 0.29) is 17.9 Å². The molecule has 2 fully saturated rings. The van der Waals surface area contributed by atoms with Gasteiger partial charge in [-0.25, -0.2) is 19.1 Å². The molecule has 192 valence electrons. The van der Waals surface area contributed by atoms with Gasteiger partial charge < -0.3 is 15.2 Å². The highest BCUT2D eigenvalue weighted by molar-refractivity contribution is 6.01. The Morgan fingerprint density at radius 3 is 2.28 bits per heavy atom. The molecule has 0 unspecified atom stereocenters. The molecule has 0 spiro atoms. The zero-order valence-corrected chi connectivity index (χ0v) is 20.5. The number of nitrogens with one attached hydrogen (secondary N) is 2. The first kappa shape index (κ1) is 25.6. The number of aromatic nitrogens is 2. The van der Waals surface area contributed by atoms with E-state index in [9.17, 15) is 13.6 Å². The maximum absolute atomic E-state index is 12.9. The van der Waals surface area contributed by atoms with E-state index in [0.29, 0.717) is 11.4 Å². The number of hydrazine groups is 1. The van der Waals surface area contributed by atoms with Crippen LogP contribution in [-0.4, -0.2) is 52.5 Å². The van der Waals surface area contributed by atoms with Crippen molar-refractivity contribution in [3.05, 3.63) is 66.0 Å². The number of pyridine rings is 1. The number of hydrogen-bond donors (Lipinski definition) is 3. The van der Waals surface area contributed by atoms with Crippen molar-refractivity contribution < 1.29 is 13.6 Å². The number of nitrogens with two attached hydrogens (primary N) is 1. The van der Waals surface area contributed by atoms with Crippen molar-refractivity contribution >= 4 is 22.9 Å². The second-order valence-corrected chi connectivity index (χ2v) is 9.42. The molecule has 1 aromatic carbocycles. The Hall–Kier alpha value is -3.53. The lowest BCUT2D eigenvalue weighted by atomic mass is 9.85. The zero-order chi connectivity index (χ0) is 25.7. The number of halogens is 2. The van der Waals surface area contributed by atoms with Crippen LogP contribution in [0.1, 0.15) is 48.9 Å². The molecule has 36 heavy (non-hydrogen) atoms. The summed E-state index contributed by atoms with van der Waals surface area (Å²) in [5, 5.41) is 16.9. The van der Waals surface area contributed by atoms with Gasteiger partial charge in [-0.15, -0.1) is 0 Å². The van der Waals surface area contributed by atoms with Gasteiger partial charge in [0.05, 0.1) is 17.3 Å². The number of nitrogens with zero attached hydrogens (tertiary/aromatic N) is 4. The van der Waals surface area contributed by atoms with Crippen molar-refractivity contribution in [3.8, 4) is 0 Å². The Morgan fingerprint density at radius 2 is 1.69 bits per heavy atom. The second-order valence-electron chi connectivity index (χ2n) is 9.42. The number of hydrogen-bond acceptors (Lipinski definition) is 5. The van der Waals surface area contributed by atoms with E-state index in [1.54, 1.807) is 17.8 Å². The Balaban J connectivity index is 0.000000325. The van der Waals surface area contributed by atoms with E-state index < -0.39 is 11.6 Å². The topological polar surface area (TPSA) is 103 Å². The SMILES string of the molecule is CN(N)C(=N)C1CCC(NC(=O)c2cnn3ccc(N4CCCC4)cc23)CC1.Fc1ccc(F)cc1. The summed E-state index contributed by atoms with van der Waals surface area (Å²) < 4.78 is 25.6. The highest BCUT2D eigenvalue weighted by Crippen LogP contribution is 2.27. The molecule has 2 aliphatic rings. The first-order valence-electron chi connectivity index (χ1n) is 12.3. The van der Waals surface area contributed by atoms with Crippen LogP contribution in [0.2, 0.25) is 0 Å². The van der Waals surface area contributed by atoms with Crippen LogP contribution in [0, 0.1) is 23.0 Å². The zero-order valence-electron chi connectivity index (χ0n) is 20.5. The van der Waals surface area contributed by atoms with Crippen molar-refractivity contribution in [2.75, 3.05) is 25.0 Å². The average molecular weight is 498 g/mol. The van der Waals surface area contributed by atoms with Crippen molar-refractivity contribution in [3.63, 3.8) is 0 Å². The molecule has 3 heterocycles. The van der Waals surface area contributed by atoms with Crippen molar-refractivity contribution in [1.29, 1.82) is 5.41 Å². The number of fused-ring (bicyclic) bond motifs is 1. The average Bonchev–Trinajstić information content (AvgIpc) is 3.56. The van der Waals surface area contributed by atoms with Crippen LogP contribution in [0.3, 0.4) is 0 Å². The molecule has 4 N–H and O–H groups in total. The van der Waals surface area contributed by atoms with Crippen LogP contribution < -0.4 is 16.1 Å². The second kappa shape index (κ2) is 11.5. The fraction of sp³-hybridized carbons (Fsp3) is 0.423. The number of carbonyl (C=O) groups is 1. The molecule has 1 saturated carbocycles. The minimum absolute atomic E-state index is 0.0666. The van der Waals surface area contributed by atoms with Gasteiger partial charge in [0.15, 0.2) is 0 Å².